The lowest BCUT2D eigenvalue weighted by Gasteiger charge is -2.08. The molecule has 0 atom stereocenters. The number of methoxy groups -OCH3 is 1. The van der Waals surface area contributed by atoms with E-state index in [1.54, 1.807) is 19.4 Å². The largest absolute Gasteiger partial charge is 0.497 e. The van der Waals surface area contributed by atoms with Crippen LogP contribution < -0.4 is 20.7 Å². The average molecular weight is 434 g/mol. The second-order valence-corrected chi connectivity index (χ2v) is 7.45. The number of anilines is 3. The molecule has 3 aromatic rings. The minimum atomic E-state index is -0.0563. The molecule has 0 saturated heterocycles. The summed E-state index contributed by atoms with van der Waals surface area (Å²) >= 11 is 0. The molecule has 1 aliphatic rings. The molecule has 0 spiro atoms. The number of rotatable bonds is 8. The third-order valence-corrected chi connectivity index (χ3v) is 5.02. The van der Waals surface area contributed by atoms with E-state index < -0.39 is 0 Å². The summed E-state index contributed by atoms with van der Waals surface area (Å²) in [6.45, 7) is 3.79. The summed E-state index contributed by atoms with van der Waals surface area (Å²) in [5.74, 6) is 1.76. The van der Waals surface area contributed by atoms with E-state index in [0.29, 0.717) is 24.7 Å². The zero-order valence-corrected chi connectivity index (χ0v) is 18.7. The Morgan fingerprint density at radius 2 is 1.94 bits per heavy atom. The Morgan fingerprint density at radius 1 is 1.12 bits per heavy atom. The van der Waals surface area contributed by atoms with Gasteiger partial charge in [0.2, 0.25) is 11.9 Å². The number of benzene rings is 2. The monoisotopic (exact) mass is 433 g/mol. The van der Waals surface area contributed by atoms with Gasteiger partial charge in [-0.15, -0.1) is 0 Å². The van der Waals surface area contributed by atoms with Crippen molar-refractivity contribution in [1.29, 1.82) is 0 Å². The molecule has 1 aromatic heterocycles. The van der Waals surface area contributed by atoms with Crippen LogP contribution in [0.1, 0.15) is 37.3 Å². The highest BCUT2D eigenvalue weighted by atomic mass is 16.5. The Hall–Kier alpha value is -3.61. The third kappa shape index (κ3) is 7.27. The molecular formula is C25H31N5O2. The molecule has 1 aliphatic heterocycles. The van der Waals surface area contributed by atoms with E-state index >= 15 is 0 Å². The SMILES string of the molecule is CCCCC(=O)Nc1nccc(NCc2ccc(OC)cc2)n1.c1ccc2c(c1)CCN2. The molecule has 2 aromatic carbocycles. The number of ether oxygens (including phenoxy) is 1. The summed E-state index contributed by atoms with van der Waals surface area (Å²) in [5.41, 5.74) is 3.88. The number of carbonyl (C=O) groups is 1. The molecule has 7 heteroatoms. The molecule has 0 radical (unpaired) electrons. The van der Waals surface area contributed by atoms with Gasteiger partial charge in [0.1, 0.15) is 11.6 Å². The van der Waals surface area contributed by atoms with E-state index in [0.717, 1.165) is 30.7 Å². The molecule has 0 fully saturated rings. The number of hydrogen-bond acceptors (Lipinski definition) is 6. The van der Waals surface area contributed by atoms with Crippen LogP contribution in [0, 0.1) is 0 Å². The summed E-state index contributed by atoms with van der Waals surface area (Å²) in [6.07, 6.45) is 5.15. The van der Waals surface area contributed by atoms with Crippen molar-refractivity contribution in [3.8, 4) is 5.75 Å². The molecule has 7 nitrogen and oxygen atoms in total. The van der Waals surface area contributed by atoms with Crippen molar-refractivity contribution in [2.45, 2.75) is 39.2 Å². The topological polar surface area (TPSA) is 88.2 Å². The molecule has 0 unspecified atom stereocenters. The van der Waals surface area contributed by atoms with Crippen LogP contribution >= 0.6 is 0 Å². The molecule has 1 amide bonds. The summed E-state index contributed by atoms with van der Waals surface area (Å²) < 4.78 is 5.13. The minimum Gasteiger partial charge on any atom is -0.497 e. The van der Waals surface area contributed by atoms with Crippen molar-refractivity contribution in [1.82, 2.24) is 9.97 Å². The fourth-order valence-corrected chi connectivity index (χ4v) is 3.22. The van der Waals surface area contributed by atoms with Crippen LogP contribution in [0.2, 0.25) is 0 Å². The summed E-state index contributed by atoms with van der Waals surface area (Å²) in [7, 11) is 1.64. The molecule has 0 bridgehead atoms. The lowest BCUT2D eigenvalue weighted by molar-refractivity contribution is -0.116. The maximum atomic E-state index is 11.7. The van der Waals surface area contributed by atoms with Gasteiger partial charge in [0, 0.05) is 31.4 Å². The van der Waals surface area contributed by atoms with Gasteiger partial charge >= 0.3 is 0 Å². The fourth-order valence-electron chi connectivity index (χ4n) is 3.22. The first-order valence-electron chi connectivity index (χ1n) is 11.0. The number of nitrogens with one attached hydrogen (secondary N) is 3. The van der Waals surface area contributed by atoms with Crippen LogP contribution in [-0.2, 0) is 17.8 Å². The molecule has 168 valence electrons. The molecular weight excluding hydrogens is 402 g/mol. The maximum absolute atomic E-state index is 11.7. The highest BCUT2D eigenvalue weighted by molar-refractivity contribution is 5.88. The highest BCUT2D eigenvalue weighted by Gasteiger charge is 2.06. The van der Waals surface area contributed by atoms with Crippen LogP contribution in [0.25, 0.3) is 0 Å². The Balaban J connectivity index is 0.000000264. The zero-order valence-electron chi connectivity index (χ0n) is 18.7. The average Bonchev–Trinajstić information content (AvgIpc) is 3.31. The van der Waals surface area contributed by atoms with Crippen molar-refractivity contribution in [2.75, 3.05) is 29.6 Å². The number of unbranched alkanes of at least 4 members (excludes halogenated alkanes) is 1. The van der Waals surface area contributed by atoms with Crippen molar-refractivity contribution < 1.29 is 9.53 Å². The number of amides is 1. The predicted molar refractivity (Wildman–Crippen MR) is 129 cm³/mol. The smallest absolute Gasteiger partial charge is 0.231 e. The van der Waals surface area contributed by atoms with Gasteiger partial charge < -0.3 is 15.4 Å². The van der Waals surface area contributed by atoms with Gasteiger partial charge in [-0.3, -0.25) is 10.1 Å². The molecule has 3 N–H and O–H groups in total. The normalized spacial score (nSPS) is 11.4. The summed E-state index contributed by atoms with van der Waals surface area (Å²) in [5, 5.41) is 9.22. The predicted octanol–water partition coefficient (Wildman–Crippen LogP) is 4.88. The third-order valence-electron chi connectivity index (χ3n) is 5.02. The van der Waals surface area contributed by atoms with E-state index in [1.807, 2.05) is 31.2 Å². The first kappa shape index (κ1) is 23.1. The Morgan fingerprint density at radius 3 is 2.69 bits per heavy atom. The number of carbonyl (C=O) groups excluding carboxylic acids is 1. The van der Waals surface area contributed by atoms with Gasteiger partial charge in [0.25, 0.3) is 0 Å². The summed E-state index contributed by atoms with van der Waals surface area (Å²) in [6, 6.07) is 18.0. The fraction of sp³-hybridized carbons (Fsp3) is 0.320. The first-order valence-corrected chi connectivity index (χ1v) is 11.0. The second-order valence-electron chi connectivity index (χ2n) is 7.45. The van der Waals surface area contributed by atoms with Gasteiger partial charge in [0.15, 0.2) is 0 Å². The lowest BCUT2D eigenvalue weighted by atomic mass is 10.2. The second kappa shape index (κ2) is 12.3. The van der Waals surface area contributed by atoms with Crippen molar-refractivity contribution in [2.24, 2.45) is 0 Å². The number of hydrogen-bond donors (Lipinski definition) is 3. The van der Waals surface area contributed by atoms with Crippen molar-refractivity contribution >= 4 is 23.4 Å². The minimum absolute atomic E-state index is 0.0563. The maximum Gasteiger partial charge on any atom is 0.231 e. The number of aromatic nitrogens is 2. The standard InChI is InChI=1S/C17H22N4O2.C8H9N/c1-3-4-5-16(22)21-17-18-11-10-15(20-17)19-12-13-6-8-14(23-2)9-7-13;1-2-4-8-7(3-1)5-6-9-8/h6-11H,3-5,12H2,1-2H3,(H2,18,19,20,21,22);1-4,9H,5-6H2. The van der Waals surface area contributed by atoms with Gasteiger partial charge in [0.05, 0.1) is 7.11 Å². The van der Waals surface area contributed by atoms with Gasteiger partial charge in [-0.25, -0.2) is 4.98 Å². The Kier molecular flexibility index (Phi) is 8.86. The van der Waals surface area contributed by atoms with Crippen LogP contribution in [0.4, 0.5) is 17.5 Å². The van der Waals surface area contributed by atoms with E-state index in [2.05, 4.69) is 50.2 Å². The Labute approximate surface area is 189 Å². The van der Waals surface area contributed by atoms with E-state index in [1.165, 1.54) is 17.7 Å². The number of nitrogens with zero attached hydrogens (tertiary/aromatic N) is 2. The number of fused-ring (bicyclic) bond motifs is 1. The summed E-state index contributed by atoms with van der Waals surface area (Å²) in [4.78, 5) is 20.1. The zero-order chi connectivity index (χ0) is 22.6. The molecule has 0 saturated carbocycles. The molecule has 4 rings (SSSR count). The van der Waals surface area contributed by atoms with Crippen molar-refractivity contribution in [3.05, 3.63) is 71.9 Å². The quantitative estimate of drug-likeness (QED) is 0.469. The Bertz CT molecular complexity index is 969. The van der Waals surface area contributed by atoms with Gasteiger partial charge in [-0.1, -0.05) is 43.7 Å². The van der Waals surface area contributed by atoms with E-state index in [9.17, 15) is 4.79 Å². The van der Waals surface area contributed by atoms with Crippen LogP contribution in [0.3, 0.4) is 0 Å². The van der Waals surface area contributed by atoms with Gasteiger partial charge in [-0.05, 0) is 48.2 Å². The first-order chi connectivity index (χ1) is 15.7. The van der Waals surface area contributed by atoms with Gasteiger partial charge in [-0.2, -0.15) is 4.98 Å². The molecule has 0 aliphatic carbocycles. The van der Waals surface area contributed by atoms with Crippen LogP contribution in [-0.4, -0.2) is 29.5 Å². The van der Waals surface area contributed by atoms with E-state index in [4.69, 9.17) is 4.74 Å². The highest BCUT2D eigenvalue weighted by Crippen LogP contribution is 2.20. The lowest BCUT2D eigenvalue weighted by Crippen LogP contribution is -2.14. The number of para-hydroxylation sites is 1. The van der Waals surface area contributed by atoms with Crippen LogP contribution in [0.5, 0.6) is 5.75 Å². The van der Waals surface area contributed by atoms with E-state index in [-0.39, 0.29) is 5.91 Å². The van der Waals surface area contributed by atoms with Crippen molar-refractivity contribution in [3.63, 3.8) is 0 Å². The molecule has 32 heavy (non-hydrogen) atoms. The van der Waals surface area contributed by atoms with Crippen LogP contribution in [0.15, 0.2) is 60.8 Å². The molecule has 2 heterocycles.